The fourth-order valence-electron chi connectivity index (χ4n) is 0.677. The minimum Gasteiger partial charge on any atom is -0.0812 e. The van der Waals surface area contributed by atoms with Crippen LogP contribution in [0.25, 0.3) is 0 Å². The summed E-state index contributed by atoms with van der Waals surface area (Å²) in [6, 6.07) is 8.63. The van der Waals surface area contributed by atoms with Gasteiger partial charge in [0.25, 0.3) is 0 Å². The van der Waals surface area contributed by atoms with Crippen molar-refractivity contribution in [3.63, 3.8) is 0 Å². The summed E-state index contributed by atoms with van der Waals surface area (Å²) in [6.45, 7) is 2.11. The predicted molar refractivity (Wildman–Crippen MR) is 48.9 cm³/mol. The largest absolute Gasteiger partial charge is 0.0812 e. The van der Waals surface area contributed by atoms with Crippen molar-refractivity contribution in [3.8, 4) is 0 Å². The zero-order valence-electron chi connectivity index (χ0n) is 5.39. The number of alkyl halides is 1. The zero-order chi connectivity index (χ0) is 6.69. The van der Waals surface area contributed by atoms with Gasteiger partial charge in [-0.25, -0.2) is 0 Å². The van der Waals surface area contributed by atoms with E-state index in [0.717, 1.165) is 4.43 Å². The van der Waals surface area contributed by atoms with Crippen LogP contribution < -0.4 is 0 Å². The lowest BCUT2D eigenvalue weighted by Crippen LogP contribution is -1.75. The first-order valence-electron chi connectivity index (χ1n) is 2.94. The molecule has 1 heteroatoms. The van der Waals surface area contributed by atoms with Crippen molar-refractivity contribution >= 4 is 22.6 Å². The normalized spacial score (nSPS) is 9.56. The molecule has 0 nitrogen and oxygen atoms in total. The highest BCUT2D eigenvalue weighted by Gasteiger charge is 1.85. The van der Waals surface area contributed by atoms with Crippen molar-refractivity contribution in [1.82, 2.24) is 0 Å². The predicted octanol–water partition coefficient (Wildman–Crippen LogP) is 2.93. The van der Waals surface area contributed by atoms with Crippen molar-refractivity contribution in [2.45, 2.75) is 11.4 Å². The highest BCUT2D eigenvalue weighted by Crippen LogP contribution is 2.06. The molecule has 0 heterocycles. The molecular formula is C8H9I. The van der Waals surface area contributed by atoms with E-state index < -0.39 is 0 Å². The Bertz CT molecular complexity index is 176. The molecule has 0 fully saturated rings. The summed E-state index contributed by atoms with van der Waals surface area (Å²) in [5.41, 5.74) is 2.74. The minimum absolute atomic E-state index is 1.11. The third kappa shape index (κ3) is 1.97. The van der Waals surface area contributed by atoms with Gasteiger partial charge in [0.1, 0.15) is 0 Å². The monoisotopic (exact) mass is 232 g/mol. The highest BCUT2D eigenvalue weighted by atomic mass is 127. The van der Waals surface area contributed by atoms with Gasteiger partial charge < -0.3 is 0 Å². The second kappa shape index (κ2) is 3.20. The van der Waals surface area contributed by atoms with Crippen LogP contribution in [-0.2, 0) is 4.43 Å². The van der Waals surface area contributed by atoms with Crippen LogP contribution in [0.4, 0.5) is 0 Å². The van der Waals surface area contributed by atoms with Gasteiger partial charge >= 0.3 is 0 Å². The molecule has 0 radical (unpaired) electrons. The molecular weight excluding hydrogens is 223 g/mol. The van der Waals surface area contributed by atoms with Gasteiger partial charge in [-0.2, -0.15) is 0 Å². The number of halogens is 1. The van der Waals surface area contributed by atoms with E-state index in [1.54, 1.807) is 0 Å². The molecule has 1 aromatic rings. The Morgan fingerprint density at radius 2 is 1.78 bits per heavy atom. The standard InChI is InChI=1S/C8H9I/c1-7-2-4-8(6-9)5-3-7/h2-5H,6H2,1H3. The molecule has 0 atom stereocenters. The Morgan fingerprint density at radius 1 is 1.22 bits per heavy atom. The van der Waals surface area contributed by atoms with Crippen LogP contribution in [0.15, 0.2) is 24.3 Å². The summed E-state index contributed by atoms with van der Waals surface area (Å²) >= 11 is 2.37. The van der Waals surface area contributed by atoms with Gasteiger partial charge in [0.05, 0.1) is 0 Å². The summed E-state index contributed by atoms with van der Waals surface area (Å²) in [6.07, 6.45) is 0. The van der Waals surface area contributed by atoms with E-state index in [1.165, 1.54) is 11.1 Å². The van der Waals surface area contributed by atoms with E-state index in [2.05, 4.69) is 53.8 Å². The number of hydrogen-bond acceptors (Lipinski definition) is 0. The molecule has 0 unspecified atom stereocenters. The van der Waals surface area contributed by atoms with E-state index >= 15 is 0 Å². The molecule has 0 aliphatic rings. The Labute approximate surface area is 69.4 Å². The molecule has 0 saturated carbocycles. The van der Waals surface area contributed by atoms with Crippen molar-refractivity contribution in [1.29, 1.82) is 0 Å². The van der Waals surface area contributed by atoms with E-state index in [1.807, 2.05) is 0 Å². The summed E-state index contributed by atoms with van der Waals surface area (Å²) in [7, 11) is 0. The minimum atomic E-state index is 1.11. The summed E-state index contributed by atoms with van der Waals surface area (Å²) < 4.78 is 1.11. The van der Waals surface area contributed by atoms with E-state index in [4.69, 9.17) is 0 Å². The lowest BCUT2D eigenvalue weighted by atomic mass is 10.2. The summed E-state index contributed by atoms with van der Waals surface area (Å²) in [5, 5.41) is 0. The van der Waals surface area contributed by atoms with Crippen LogP contribution in [0.3, 0.4) is 0 Å². The lowest BCUT2D eigenvalue weighted by molar-refractivity contribution is 1.39. The molecule has 0 amide bonds. The average Bonchev–Trinajstić information content (AvgIpc) is 1.90. The maximum atomic E-state index is 2.37. The van der Waals surface area contributed by atoms with Gasteiger partial charge in [0, 0.05) is 4.43 Å². The molecule has 0 aromatic heterocycles. The number of benzene rings is 1. The second-order valence-electron chi connectivity index (χ2n) is 2.12. The Hall–Kier alpha value is -0.0500. The topological polar surface area (TPSA) is 0 Å². The SMILES string of the molecule is Cc1ccc(CI)cc1. The van der Waals surface area contributed by atoms with Crippen molar-refractivity contribution in [3.05, 3.63) is 35.4 Å². The number of hydrogen-bond donors (Lipinski definition) is 0. The van der Waals surface area contributed by atoms with Crippen LogP contribution in [0.1, 0.15) is 11.1 Å². The van der Waals surface area contributed by atoms with Crippen LogP contribution in [0, 0.1) is 6.92 Å². The number of rotatable bonds is 1. The second-order valence-corrected chi connectivity index (χ2v) is 2.88. The quantitative estimate of drug-likeness (QED) is 0.515. The van der Waals surface area contributed by atoms with E-state index in [0.29, 0.717) is 0 Å². The first-order chi connectivity index (χ1) is 4.33. The number of aryl methyl sites for hydroxylation is 1. The molecule has 0 aliphatic heterocycles. The van der Waals surface area contributed by atoms with Crippen molar-refractivity contribution < 1.29 is 0 Å². The molecule has 1 aromatic carbocycles. The average molecular weight is 232 g/mol. The van der Waals surface area contributed by atoms with Gasteiger partial charge in [-0.05, 0) is 12.5 Å². The fourth-order valence-corrected chi connectivity index (χ4v) is 1.19. The van der Waals surface area contributed by atoms with E-state index in [9.17, 15) is 0 Å². The van der Waals surface area contributed by atoms with Crippen molar-refractivity contribution in [2.24, 2.45) is 0 Å². The molecule has 0 bridgehead atoms. The van der Waals surface area contributed by atoms with Gasteiger partial charge in [-0.15, -0.1) is 0 Å². The molecule has 0 spiro atoms. The Balaban J connectivity index is 2.88. The van der Waals surface area contributed by atoms with Crippen molar-refractivity contribution in [2.75, 3.05) is 0 Å². The third-order valence-corrected chi connectivity index (χ3v) is 2.16. The molecule has 48 valence electrons. The van der Waals surface area contributed by atoms with Crippen LogP contribution in [0.2, 0.25) is 0 Å². The van der Waals surface area contributed by atoms with E-state index in [-0.39, 0.29) is 0 Å². The summed E-state index contributed by atoms with van der Waals surface area (Å²) in [4.78, 5) is 0. The molecule has 0 aliphatic carbocycles. The molecule has 1 rings (SSSR count). The first-order valence-corrected chi connectivity index (χ1v) is 4.47. The molecule has 9 heavy (non-hydrogen) atoms. The molecule has 0 saturated heterocycles. The zero-order valence-corrected chi connectivity index (χ0v) is 7.55. The first kappa shape index (κ1) is 7.06. The van der Waals surface area contributed by atoms with Gasteiger partial charge in [-0.1, -0.05) is 52.4 Å². The lowest BCUT2D eigenvalue weighted by Gasteiger charge is -1.93. The fraction of sp³-hybridized carbons (Fsp3) is 0.250. The summed E-state index contributed by atoms with van der Waals surface area (Å²) in [5.74, 6) is 0. The Kier molecular flexibility index (Phi) is 2.51. The third-order valence-electron chi connectivity index (χ3n) is 1.27. The smallest absolute Gasteiger partial charge is 0.0247 e. The maximum Gasteiger partial charge on any atom is 0.0247 e. The molecule has 0 N–H and O–H groups in total. The Morgan fingerprint density at radius 3 is 2.22 bits per heavy atom. The van der Waals surface area contributed by atoms with Crippen LogP contribution in [0.5, 0.6) is 0 Å². The van der Waals surface area contributed by atoms with Gasteiger partial charge in [-0.3, -0.25) is 0 Å². The van der Waals surface area contributed by atoms with Gasteiger partial charge in [0.15, 0.2) is 0 Å². The van der Waals surface area contributed by atoms with Crippen LogP contribution >= 0.6 is 22.6 Å². The van der Waals surface area contributed by atoms with Gasteiger partial charge in [0.2, 0.25) is 0 Å². The highest BCUT2D eigenvalue weighted by molar-refractivity contribution is 14.1. The van der Waals surface area contributed by atoms with Crippen LogP contribution in [-0.4, -0.2) is 0 Å². The maximum absolute atomic E-state index is 2.37.